The van der Waals surface area contributed by atoms with Crippen LogP contribution in [0.5, 0.6) is 17.2 Å². The molecule has 146 valence electrons. The van der Waals surface area contributed by atoms with Gasteiger partial charge in [0.25, 0.3) is 5.91 Å². The van der Waals surface area contributed by atoms with Crippen LogP contribution in [0.4, 0.5) is 8.78 Å². The summed E-state index contributed by atoms with van der Waals surface area (Å²) in [4.78, 5) is 12.2. The van der Waals surface area contributed by atoms with E-state index in [1.807, 2.05) is 0 Å². The standard InChI is InChI=1S/C18H17Cl2F2NO4/c1-10(26-14-5-3-4-12(19)16(14)20)17(24)23-9-11-6-7-13(27-18(21)22)15(8-11)25-2/h3-8,10,18H,9H2,1-2H3,(H,23,24). The van der Waals surface area contributed by atoms with Gasteiger partial charge in [-0.1, -0.05) is 35.3 Å². The van der Waals surface area contributed by atoms with Gasteiger partial charge in [-0.25, -0.2) is 0 Å². The quantitative estimate of drug-likeness (QED) is 0.674. The highest BCUT2D eigenvalue weighted by atomic mass is 35.5. The summed E-state index contributed by atoms with van der Waals surface area (Å²) in [6, 6.07) is 9.25. The Bertz CT molecular complexity index is 805. The highest BCUT2D eigenvalue weighted by molar-refractivity contribution is 6.42. The van der Waals surface area contributed by atoms with Crippen molar-refractivity contribution in [3.05, 3.63) is 52.0 Å². The van der Waals surface area contributed by atoms with Gasteiger partial charge in [0.2, 0.25) is 0 Å². The summed E-state index contributed by atoms with van der Waals surface area (Å²) in [5, 5.41) is 3.22. The third kappa shape index (κ3) is 5.87. The van der Waals surface area contributed by atoms with Crippen LogP contribution in [0, 0.1) is 0 Å². The van der Waals surface area contributed by atoms with Crippen LogP contribution in [0.1, 0.15) is 12.5 Å². The minimum Gasteiger partial charge on any atom is -0.493 e. The van der Waals surface area contributed by atoms with Gasteiger partial charge in [0.1, 0.15) is 10.8 Å². The molecule has 1 amide bonds. The molecule has 27 heavy (non-hydrogen) atoms. The van der Waals surface area contributed by atoms with Gasteiger partial charge in [0, 0.05) is 6.54 Å². The van der Waals surface area contributed by atoms with Crippen molar-refractivity contribution in [1.29, 1.82) is 0 Å². The third-order valence-electron chi connectivity index (χ3n) is 3.50. The number of rotatable bonds is 8. The van der Waals surface area contributed by atoms with Crippen LogP contribution in [-0.4, -0.2) is 25.7 Å². The van der Waals surface area contributed by atoms with E-state index in [1.165, 1.54) is 19.2 Å². The topological polar surface area (TPSA) is 56.8 Å². The molecule has 0 saturated carbocycles. The average Bonchev–Trinajstić information content (AvgIpc) is 2.63. The number of ether oxygens (including phenoxy) is 3. The molecule has 9 heteroatoms. The van der Waals surface area contributed by atoms with Gasteiger partial charge in [-0.15, -0.1) is 0 Å². The summed E-state index contributed by atoms with van der Waals surface area (Å²) in [6.07, 6.45) is -0.829. The van der Waals surface area contributed by atoms with Crippen LogP contribution >= 0.6 is 23.2 Å². The molecule has 0 aromatic heterocycles. The molecule has 0 aliphatic rings. The Morgan fingerprint density at radius 2 is 1.85 bits per heavy atom. The molecule has 0 radical (unpaired) electrons. The Labute approximate surface area is 165 Å². The van der Waals surface area contributed by atoms with Crippen molar-refractivity contribution in [3.63, 3.8) is 0 Å². The first-order valence-corrected chi connectivity index (χ1v) is 8.57. The van der Waals surface area contributed by atoms with Crippen molar-refractivity contribution in [3.8, 4) is 17.2 Å². The highest BCUT2D eigenvalue weighted by Crippen LogP contribution is 2.32. The van der Waals surface area contributed by atoms with Crippen LogP contribution in [0.15, 0.2) is 36.4 Å². The molecule has 0 fully saturated rings. The van der Waals surface area contributed by atoms with Crippen molar-refractivity contribution in [2.45, 2.75) is 26.2 Å². The second kappa shape index (κ2) is 9.62. The smallest absolute Gasteiger partial charge is 0.387 e. The van der Waals surface area contributed by atoms with Gasteiger partial charge < -0.3 is 19.5 Å². The van der Waals surface area contributed by atoms with E-state index in [0.717, 1.165) is 0 Å². The first kappa shape index (κ1) is 21.1. The molecular weight excluding hydrogens is 403 g/mol. The van der Waals surface area contributed by atoms with E-state index in [0.29, 0.717) is 16.3 Å². The zero-order valence-electron chi connectivity index (χ0n) is 14.5. The molecule has 2 aromatic carbocycles. The summed E-state index contributed by atoms with van der Waals surface area (Å²) in [5.74, 6) is -0.0492. The maximum absolute atomic E-state index is 12.3. The molecule has 0 saturated heterocycles. The summed E-state index contributed by atoms with van der Waals surface area (Å²) < 4.78 is 39.6. The molecule has 1 N–H and O–H groups in total. The van der Waals surface area contributed by atoms with Crippen molar-refractivity contribution < 1.29 is 27.8 Å². The van der Waals surface area contributed by atoms with Crippen LogP contribution in [0.2, 0.25) is 10.0 Å². The van der Waals surface area contributed by atoms with Gasteiger partial charge in [0.15, 0.2) is 17.6 Å². The van der Waals surface area contributed by atoms with Gasteiger partial charge in [0.05, 0.1) is 12.1 Å². The first-order chi connectivity index (χ1) is 12.8. The molecule has 2 aromatic rings. The zero-order chi connectivity index (χ0) is 20.0. The molecule has 1 unspecified atom stereocenters. The van der Waals surface area contributed by atoms with E-state index in [-0.39, 0.29) is 23.1 Å². The van der Waals surface area contributed by atoms with Gasteiger partial charge >= 0.3 is 6.61 Å². The van der Waals surface area contributed by atoms with Crippen molar-refractivity contribution >= 4 is 29.1 Å². The van der Waals surface area contributed by atoms with Gasteiger partial charge in [-0.3, -0.25) is 4.79 Å². The maximum atomic E-state index is 12.3. The second-order valence-corrected chi connectivity index (χ2v) is 6.18. The zero-order valence-corrected chi connectivity index (χ0v) is 16.0. The normalized spacial score (nSPS) is 11.8. The first-order valence-electron chi connectivity index (χ1n) is 7.82. The van der Waals surface area contributed by atoms with Gasteiger partial charge in [-0.05, 0) is 36.8 Å². The number of hydrogen-bond donors (Lipinski definition) is 1. The number of amides is 1. The summed E-state index contributed by atoms with van der Waals surface area (Å²) in [7, 11) is 1.33. The Morgan fingerprint density at radius 1 is 1.11 bits per heavy atom. The molecular formula is C18H17Cl2F2NO4. The number of alkyl halides is 2. The Balaban J connectivity index is 1.97. The highest BCUT2D eigenvalue weighted by Gasteiger charge is 2.17. The molecule has 0 aliphatic heterocycles. The lowest BCUT2D eigenvalue weighted by Crippen LogP contribution is -2.35. The minimum absolute atomic E-state index is 0.0881. The van der Waals surface area contributed by atoms with E-state index in [1.54, 1.807) is 31.2 Å². The third-order valence-corrected chi connectivity index (χ3v) is 4.30. The summed E-state index contributed by atoms with van der Waals surface area (Å²) in [5.41, 5.74) is 0.634. The van der Waals surface area contributed by atoms with E-state index in [9.17, 15) is 13.6 Å². The van der Waals surface area contributed by atoms with E-state index < -0.39 is 18.6 Å². The van der Waals surface area contributed by atoms with E-state index in [2.05, 4.69) is 10.1 Å². The number of nitrogens with one attached hydrogen (secondary N) is 1. The molecule has 1 atom stereocenters. The predicted molar refractivity (Wildman–Crippen MR) is 98.0 cm³/mol. The molecule has 0 spiro atoms. The largest absolute Gasteiger partial charge is 0.493 e. The monoisotopic (exact) mass is 419 g/mol. The SMILES string of the molecule is COc1cc(CNC(=O)C(C)Oc2cccc(Cl)c2Cl)ccc1OC(F)F. The van der Waals surface area contributed by atoms with Crippen molar-refractivity contribution in [2.75, 3.05) is 7.11 Å². The van der Waals surface area contributed by atoms with Crippen LogP contribution in [0.3, 0.4) is 0 Å². The minimum atomic E-state index is -2.96. The number of carbonyl (C=O) groups excluding carboxylic acids is 1. The lowest BCUT2D eigenvalue weighted by molar-refractivity contribution is -0.127. The van der Waals surface area contributed by atoms with E-state index in [4.69, 9.17) is 32.7 Å². The van der Waals surface area contributed by atoms with Crippen LogP contribution < -0.4 is 19.5 Å². The number of carbonyl (C=O) groups is 1. The van der Waals surface area contributed by atoms with Gasteiger partial charge in [-0.2, -0.15) is 8.78 Å². The number of benzene rings is 2. The fourth-order valence-electron chi connectivity index (χ4n) is 2.17. The molecule has 5 nitrogen and oxygen atoms in total. The van der Waals surface area contributed by atoms with Crippen LogP contribution in [0.25, 0.3) is 0 Å². The lowest BCUT2D eigenvalue weighted by Gasteiger charge is -2.16. The van der Waals surface area contributed by atoms with Crippen molar-refractivity contribution in [1.82, 2.24) is 5.32 Å². The number of halogens is 4. The molecule has 0 heterocycles. The fraction of sp³-hybridized carbons (Fsp3) is 0.278. The number of methoxy groups -OCH3 is 1. The molecule has 2 rings (SSSR count). The van der Waals surface area contributed by atoms with E-state index >= 15 is 0 Å². The second-order valence-electron chi connectivity index (χ2n) is 5.39. The number of hydrogen-bond acceptors (Lipinski definition) is 4. The predicted octanol–water partition coefficient (Wildman–Crippen LogP) is 4.69. The lowest BCUT2D eigenvalue weighted by atomic mass is 10.2. The summed E-state index contributed by atoms with van der Waals surface area (Å²) in [6.45, 7) is -1.26. The fourth-order valence-corrected chi connectivity index (χ4v) is 2.50. The average molecular weight is 420 g/mol. The maximum Gasteiger partial charge on any atom is 0.387 e. The van der Waals surface area contributed by atoms with Crippen LogP contribution in [-0.2, 0) is 11.3 Å². The Morgan fingerprint density at radius 3 is 2.52 bits per heavy atom. The molecule has 0 aliphatic carbocycles. The molecule has 0 bridgehead atoms. The summed E-state index contributed by atoms with van der Waals surface area (Å²) >= 11 is 11.9. The van der Waals surface area contributed by atoms with Crippen molar-refractivity contribution in [2.24, 2.45) is 0 Å². The Kier molecular flexibility index (Phi) is 7.50. The Hall–Kier alpha value is -2.25.